The standard InChI is InChI=1S/C32H50O3/c1-20(33)35-27-15-18-31(7)22-10-12-25-30(6,19-21(22)9-11-23(31)29(27,4)5)16-13-24-28(2,3)26(34)14-17-32(24,25)8/h9,22-25,27H,10-19H2,1-8H3. The molecule has 196 valence electrons. The first kappa shape index (κ1) is 25.5. The van der Waals surface area contributed by atoms with E-state index in [2.05, 4.69) is 54.5 Å². The molecule has 3 heteroatoms. The molecule has 0 aromatic carbocycles. The van der Waals surface area contributed by atoms with Crippen molar-refractivity contribution in [2.24, 2.45) is 50.7 Å². The van der Waals surface area contributed by atoms with Crippen LogP contribution in [0.2, 0.25) is 0 Å². The monoisotopic (exact) mass is 482 g/mol. The van der Waals surface area contributed by atoms with Crippen molar-refractivity contribution in [3.05, 3.63) is 11.6 Å². The maximum atomic E-state index is 12.9. The number of carbonyl (C=O) groups excluding carboxylic acids is 2. The molecule has 5 aliphatic rings. The van der Waals surface area contributed by atoms with Gasteiger partial charge in [-0.05, 0) is 97.7 Å². The van der Waals surface area contributed by atoms with Crippen LogP contribution in [0.3, 0.4) is 0 Å². The molecule has 5 aliphatic carbocycles. The lowest BCUT2D eigenvalue weighted by Gasteiger charge is -2.62. The summed E-state index contributed by atoms with van der Waals surface area (Å²) in [5.74, 6) is 2.76. The zero-order valence-electron chi connectivity index (χ0n) is 23.8. The molecular weight excluding hydrogens is 432 g/mol. The smallest absolute Gasteiger partial charge is 0.302 e. The SMILES string of the molecule is CC(=O)OC1CCC2(C)C3CCC4C(C)(CCC5C(C)(C)C(=O)CCC45C)CC3=CCC2C1(C)C. The summed E-state index contributed by atoms with van der Waals surface area (Å²) in [6.07, 6.45) is 14.1. The van der Waals surface area contributed by atoms with Crippen LogP contribution in [0.1, 0.15) is 120 Å². The molecule has 4 saturated carbocycles. The summed E-state index contributed by atoms with van der Waals surface area (Å²) in [4.78, 5) is 24.8. The first-order valence-electron chi connectivity index (χ1n) is 14.6. The Bertz CT molecular complexity index is 942. The van der Waals surface area contributed by atoms with E-state index in [1.165, 1.54) is 32.1 Å². The molecule has 0 amide bonds. The van der Waals surface area contributed by atoms with Gasteiger partial charge in [-0.1, -0.05) is 60.1 Å². The molecule has 35 heavy (non-hydrogen) atoms. The van der Waals surface area contributed by atoms with Gasteiger partial charge >= 0.3 is 5.97 Å². The number of Topliss-reactive ketones (excluding diaryl/α,β-unsaturated/α-hetero) is 1. The largest absolute Gasteiger partial charge is 0.462 e. The Morgan fingerprint density at radius 2 is 1.57 bits per heavy atom. The molecule has 8 unspecified atom stereocenters. The number of hydrogen-bond donors (Lipinski definition) is 0. The molecular formula is C32H50O3. The Balaban J connectivity index is 1.47. The Labute approximate surface area is 214 Å². The van der Waals surface area contributed by atoms with Gasteiger partial charge in [-0.25, -0.2) is 0 Å². The molecule has 3 nitrogen and oxygen atoms in total. The summed E-state index contributed by atoms with van der Waals surface area (Å²) < 4.78 is 5.87. The van der Waals surface area contributed by atoms with Crippen LogP contribution >= 0.6 is 0 Å². The van der Waals surface area contributed by atoms with Crippen LogP contribution in [-0.4, -0.2) is 17.9 Å². The van der Waals surface area contributed by atoms with Crippen LogP contribution in [0.4, 0.5) is 0 Å². The van der Waals surface area contributed by atoms with Crippen molar-refractivity contribution in [1.82, 2.24) is 0 Å². The van der Waals surface area contributed by atoms with Gasteiger partial charge in [-0.3, -0.25) is 9.59 Å². The molecule has 0 bridgehead atoms. The fourth-order valence-electron chi connectivity index (χ4n) is 11.1. The van der Waals surface area contributed by atoms with Gasteiger partial charge in [0, 0.05) is 24.2 Å². The summed E-state index contributed by atoms with van der Waals surface area (Å²) >= 11 is 0. The normalized spacial score (nSPS) is 48.3. The van der Waals surface area contributed by atoms with E-state index in [-0.39, 0.29) is 33.7 Å². The molecule has 0 spiro atoms. The highest BCUT2D eigenvalue weighted by molar-refractivity contribution is 5.85. The second kappa shape index (κ2) is 7.94. The highest BCUT2D eigenvalue weighted by Gasteiger charge is 2.63. The minimum absolute atomic E-state index is 0.00546. The number of ether oxygens (including phenoxy) is 1. The van der Waals surface area contributed by atoms with Crippen LogP contribution < -0.4 is 0 Å². The van der Waals surface area contributed by atoms with Crippen molar-refractivity contribution >= 4 is 11.8 Å². The number of fused-ring (bicyclic) bond motifs is 6. The first-order valence-corrected chi connectivity index (χ1v) is 14.6. The Hall–Kier alpha value is -1.12. The summed E-state index contributed by atoms with van der Waals surface area (Å²) in [5, 5.41) is 0. The molecule has 0 saturated heterocycles. The van der Waals surface area contributed by atoms with Gasteiger partial charge in [0.1, 0.15) is 11.9 Å². The lowest BCUT2D eigenvalue weighted by atomic mass is 9.42. The van der Waals surface area contributed by atoms with Crippen molar-refractivity contribution in [2.45, 2.75) is 126 Å². The Kier molecular flexibility index (Phi) is 5.79. The predicted molar refractivity (Wildman–Crippen MR) is 141 cm³/mol. The van der Waals surface area contributed by atoms with Crippen LogP contribution in [-0.2, 0) is 14.3 Å². The average molecular weight is 483 g/mol. The van der Waals surface area contributed by atoms with Crippen molar-refractivity contribution in [3.63, 3.8) is 0 Å². The van der Waals surface area contributed by atoms with Gasteiger partial charge in [0.05, 0.1) is 0 Å². The fourth-order valence-corrected chi connectivity index (χ4v) is 11.1. The van der Waals surface area contributed by atoms with Crippen LogP contribution in [0.5, 0.6) is 0 Å². The second-order valence-electron chi connectivity index (χ2n) is 15.3. The molecule has 0 aromatic heterocycles. The zero-order valence-corrected chi connectivity index (χ0v) is 23.8. The van der Waals surface area contributed by atoms with E-state index in [4.69, 9.17) is 4.74 Å². The highest BCUT2D eigenvalue weighted by Crippen LogP contribution is 2.70. The Morgan fingerprint density at radius 3 is 2.26 bits per heavy atom. The number of carbonyl (C=O) groups is 2. The second-order valence-corrected chi connectivity index (χ2v) is 15.3. The number of hydrogen-bond acceptors (Lipinski definition) is 3. The van der Waals surface area contributed by atoms with Crippen LogP contribution in [0.25, 0.3) is 0 Å². The minimum Gasteiger partial charge on any atom is -0.462 e. The number of esters is 1. The Morgan fingerprint density at radius 1 is 0.857 bits per heavy atom. The van der Waals surface area contributed by atoms with E-state index in [1.54, 1.807) is 12.5 Å². The highest BCUT2D eigenvalue weighted by atomic mass is 16.5. The van der Waals surface area contributed by atoms with E-state index in [0.717, 1.165) is 32.1 Å². The van der Waals surface area contributed by atoms with Crippen molar-refractivity contribution in [3.8, 4) is 0 Å². The van der Waals surface area contributed by atoms with E-state index >= 15 is 0 Å². The third-order valence-electron chi connectivity index (χ3n) is 12.9. The van der Waals surface area contributed by atoms with Crippen molar-refractivity contribution in [1.29, 1.82) is 0 Å². The lowest BCUT2D eigenvalue weighted by molar-refractivity contribution is -0.172. The lowest BCUT2D eigenvalue weighted by Crippen LogP contribution is -2.57. The molecule has 0 aliphatic heterocycles. The maximum Gasteiger partial charge on any atom is 0.302 e. The van der Waals surface area contributed by atoms with E-state index in [1.807, 2.05) is 0 Å². The van der Waals surface area contributed by atoms with Gasteiger partial charge in [0.15, 0.2) is 0 Å². The third-order valence-corrected chi connectivity index (χ3v) is 12.9. The maximum absolute atomic E-state index is 12.9. The zero-order chi connectivity index (χ0) is 25.6. The quantitative estimate of drug-likeness (QED) is 0.282. The van der Waals surface area contributed by atoms with E-state index in [9.17, 15) is 9.59 Å². The van der Waals surface area contributed by atoms with Crippen molar-refractivity contribution in [2.75, 3.05) is 0 Å². The average Bonchev–Trinajstić information content (AvgIpc) is 2.90. The van der Waals surface area contributed by atoms with Crippen molar-refractivity contribution < 1.29 is 14.3 Å². The minimum atomic E-state index is -0.178. The van der Waals surface area contributed by atoms with E-state index < -0.39 is 0 Å². The summed E-state index contributed by atoms with van der Waals surface area (Å²) in [7, 11) is 0. The number of allylic oxidation sites excluding steroid dienone is 2. The summed E-state index contributed by atoms with van der Waals surface area (Å²) in [5.41, 5.74) is 2.44. The van der Waals surface area contributed by atoms with Crippen LogP contribution in [0.15, 0.2) is 11.6 Å². The predicted octanol–water partition coefficient (Wildman–Crippen LogP) is 7.92. The molecule has 0 heterocycles. The number of ketones is 1. The fraction of sp³-hybridized carbons (Fsp3) is 0.875. The number of rotatable bonds is 1. The van der Waals surface area contributed by atoms with Crippen LogP contribution in [0, 0.1) is 50.7 Å². The van der Waals surface area contributed by atoms with Gasteiger partial charge < -0.3 is 4.74 Å². The summed E-state index contributed by atoms with van der Waals surface area (Å²) in [6.45, 7) is 18.5. The molecule has 0 aromatic rings. The van der Waals surface area contributed by atoms with Gasteiger partial charge in [-0.15, -0.1) is 0 Å². The van der Waals surface area contributed by atoms with E-state index in [0.29, 0.717) is 34.9 Å². The van der Waals surface area contributed by atoms with Gasteiger partial charge in [0.25, 0.3) is 0 Å². The first-order chi connectivity index (χ1) is 16.2. The van der Waals surface area contributed by atoms with Gasteiger partial charge in [0.2, 0.25) is 0 Å². The molecule has 8 atom stereocenters. The third kappa shape index (κ3) is 3.56. The molecule has 0 N–H and O–H groups in total. The topological polar surface area (TPSA) is 43.4 Å². The summed E-state index contributed by atoms with van der Waals surface area (Å²) in [6, 6.07) is 0. The molecule has 5 rings (SSSR count). The molecule has 0 radical (unpaired) electrons. The molecule has 4 fully saturated rings. The van der Waals surface area contributed by atoms with Gasteiger partial charge in [-0.2, -0.15) is 0 Å².